The Morgan fingerprint density at radius 2 is 0.696 bits per heavy atom. The molecule has 0 aromatic heterocycles. The van der Waals surface area contributed by atoms with Gasteiger partial charge in [0.2, 0.25) is 0 Å². The zero-order valence-corrected chi connectivity index (χ0v) is 36.6. The van der Waals surface area contributed by atoms with Crippen LogP contribution in [0.1, 0.15) is 220 Å². The van der Waals surface area contributed by atoms with E-state index in [4.69, 9.17) is 14.2 Å². The third kappa shape index (κ3) is 42.3. The van der Waals surface area contributed by atoms with Gasteiger partial charge in [0.1, 0.15) is 13.2 Å². The molecule has 6 heteroatoms. The summed E-state index contributed by atoms with van der Waals surface area (Å²) in [5.74, 6) is -0.943. The van der Waals surface area contributed by atoms with Gasteiger partial charge in [0.05, 0.1) is 0 Å². The van der Waals surface area contributed by atoms with Crippen LogP contribution >= 0.6 is 0 Å². The Balaban J connectivity index is 4.43. The van der Waals surface area contributed by atoms with Gasteiger partial charge in [0.15, 0.2) is 6.10 Å². The SMILES string of the molecule is CC/C=C\C/C=C\C/C=C\C/C=C\CCCCCC(=O)OCC(COC(=O)CCCCCCCCCCC)OC(=O)CCCCC/C=C\CCCCCCCC. The molecule has 0 N–H and O–H groups in total. The van der Waals surface area contributed by atoms with Crippen LogP contribution in [0.4, 0.5) is 0 Å². The second-order valence-electron chi connectivity index (χ2n) is 15.3. The largest absolute Gasteiger partial charge is 0.462 e. The van der Waals surface area contributed by atoms with Crippen LogP contribution in [0.15, 0.2) is 60.8 Å². The summed E-state index contributed by atoms with van der Waals surface area (Å²) in [6.07, 6.45) is 53.5. The highest BCUT2D eigenvalue weighted by atomic mass is 16.6. The van der Waals surface area contributed by atoms with Crippen LogP contribution in [-0.2, 0) is 28.6 Å². The summed E-state index contributed by atoms with van der Waals surface area (Å²) in [5.41, 5.74) is 0. The van der Waals surface area contributed by atoms with E-state index in [2.05, 4.69) is 81.5 Å². The van der Waals surface area contributed by atoms with Gasteiger partial charge >= 0.3 is 17.9 Å². The van der Waals surface area contributed by atoms with Gasteiger partial charge in [-0.25, -0.2) is 0 Å². The minimum absolute atomic E-state index is 0.0897. The van der Waals surface area contributed by atoms with Crippen LogP contribution in [0.25, 0.3) is 0 Å². The highest BCUT2D eigenvalue weighted by Crippen LogP contribution is 2.13. The lowest BCUT2D eigenvalue weighted by Crippen LogP contribution is -2.30. The Morgan fingerprint density at radius 3 is 1.12 bits per heavy atom. The molecular weight excluding hydrogens is 697 g/mol. The summed E-state index contributed by atoms with van der Waals surface area (Å²) in [5, 5.41) is 0. The van der Waals surface area contributed by atoms with Gasteiger partial charge in [-0.1, -0.05) is 178 Å². The number of ether oxygens (including phenoxy) is 3. The molecule has 0 bridgehead atoms. The third-order valence-corrected chi connectivity index (χ3v) is 9.76. The number of rotatable bonds is 41. The molecule has 0 heterocycles. The van der Waals surface area contributed by atoms with Gasteiger partial charge in [-0.3, -0.25) is 14.4 Å². The summed E-state index contributed by atoms with van der Waals surface area (Å²) in [4.78, 5) is 37.7. The summed E-state index contributed by atoms with van der Waals surface area (Å²) in [6, 6.07) is 0. The first-order chi connectivity index (χ1) is 27.5. The maximum atomic E-state index is 12.7. The van der Waals surface area contributed by atoms with E-state index in [0.717, 1.165) is 103 Å². The van der Waals surface area contributed by atoms with Crippen molar-refractivity contribution in [3.8, 4) is 0 Å². The molecule has 0 saturated heterocycles. The van der Waals surface area contributed by atoms with Crippen molar-refractivity contribution in [2.24, 2.45) is 0 Å². The average molecular weight is 783 g/mol. The maximum absolute atomic E-state index is 12.7. The summed E-state index contributed by atoms with van der Waals surface area (Å²) in [6.45, 7) is 6.44. The molecule has 0 aromatic rings. The molecule has 56 heavy (non-hydrogen) atoms. The average Bonchev–Trinajstić information content (AvgIpc) is 3.19. The number of hydrogen-bond donors (Lipinski definition) is 0. The summed E-state index contributed by atoms with van der Waals surface area (Å²) < 4.78 is 16.7. The first-order valence-corrected chi connectivity index (χ1v) is 23.3. The van der Waals surface area contributed by atoms with Gasteiger partial charge in [0.25, 0.3) is 0 Å². The van der Waals surface area contributed by atoms with Gasteiger partial charge in [-0.2, -0.15) is 0 Å². The van der Waals surface area contributed by atoms with Crippen LogP contribution in [0.2, 0.25) is 0 Å². The summed E-state index contributed by atoms with van der Waals surface area (Å²) >= 11 is 0. The Labute approximate surface area is 345 Å². The predicted octanol–water partition coefficient (Wildman–Crippen LogP) is 14.9. The predicted molar refractivity (Wildman–Crippen MR) is 238 cm³/mol. The van der Waals surface area contributed by atoms with Crippen LogP contribution in [0, 0.1) is 0 Å². The zero-order valence-electron chi connectivity index (χ0n) is 36.6. The van der Waals surface area contributed by atoms with Crippen molar-refractivity contribution in [2.75, 3.05) is 13.2 Å². The number of allylic oxidation sites excluding steroid dienone is 10. The van der Waals surface area contributed by atoms with Crippen LogP contribution in [-0.4, -0.2) is 37.2 Å². The van der Waals surface area contributed by atoms with E-state index < -0.39 is 6.10 Å². The molecule has 1 atom stereocenters. The molecule has 0 aliphatic heterocycles. The maximum Gasteiger partial charge on any atom is 0.306 e. The van der Waals surface area contributed by atoms with Crippen molar-refractivity contribution in [3.63, 3.8) is 0 Å². The molecule has 0 aliphatic rings. The van der Waals surface area contributed by atoms with Crippen molar-refractivity contribution in [2.45, 2.75) is 226 Å². The molecule has 1 unspecified atom stereocenters. The lowest BCUT2D eigenvalue weighted by molar-refractivity contribution is -0.167. The number of unbranched alkanes of at least 4 members (excludes halogenated alkanes) is 20. The van der Waals surface area contributed by atoms with E-state index in [0.29, 0.717) is 19.3 Å². The van der Waals surface area contributed by atoms with Crippen LogP contribution in [0.5, 0.6) is 0 Å². The summed E-state index contributed by atoms with van der Waals surface area (Å²) in [7, 11) is 0. The lowest BCUT2D eigenvalue weighted by atomic mass is 10.1. The number of carbonyl (C=O) groups is 3. The molecule has 0 radical (unpaired) electrons. The topological polar surface area (TPSA) is 78.9 Å². The number of hydrogen-bond acceptors (Lipinski definition) is 6. The highest BCUT2D eigenvalue weighted by Gasteiger charge is 2.19. The quantitative estimate of drug-likeness (QED) is 0.0266. The van der Waals surface area contributed by atoms with Gasteiger partial charge in [0, 0.05) is 19.3 Å². The normalized spacial score (nSPS) is 12.6. The fraction of sp³-hybridized carbons (Fsp3) is 0.740. The highest BCUT2D eigenvalue weighted by molar-refractivity contribution is 5.71. The molecule has 0 aromatic carbocycles. The van der Waals surface area contributed by atoms with Crippen molar-refractivity contribution in [1.82, 2.24) is 0 Å². The van der Waals surface area contributed by atoms with Gasteiger partial charge < -0.3 is 14.2 Å². The molecule has 6 nitrogen and oxygen atoms in total. The Hall–Kier alpha value is -2.89. The molecule has 0 rings (SSSR count). The molecular formula is C50H86O6. The second-order valence-corrected chi connectivity index (χ2v) is 15.3. The van der Waals surface area contributed by atoms with Gasteiger partial charge in [-0.05, 0) is 83.5 Å². The first kappa shape index (κ1) is 53.1. The minimum atomic E-state index is -0.790. The van der Waals surface area contributed by atoms with E-state index in [1.54, 1.807) is 0 Å². The van der Waals surface area contributed by atoms with E-state index in [1.165, 1.54) is 77.0 Å². The lowest BCUT2D eigenvalue weighted by Gasteiger charge is -2.18. The standard InChI is InChI=1S/C50H86O6/c1-4-7-10-13-16-19-21-23-24-25-27-28-31-34-37-40-43-49(52)55-46-47(45-54-48(51)42-39-36-33-30-18-15-12-9-6-3)56-50(53)44-41-38-35-32-29-26-22-20-17-14-11-8-5-2/h7,10,16,19,23-24,26-29,47H,4-6,8-9,11-15,17-18,20-22,25,30-46H2,1-3H3/b10-7-,19-16-,24-23-,28-27-,29-26-. The fourth-order valence-electron chi connectivity index (χ4n) is 6.25. The molecule has 0 saturated carbocycles. The second kappa shape index (κ2) is 44.8. The Morgan fingerprint density at radius 1 is 0.375 bits per heavy atom. The Kier molecular flexibility index (Phi) is 42.5. The third-order valence-electron chi connectivity index (χ3n) is 9.76. The number of esters is 3. The molecule has 0 spiro atoms. The molecule has 0 aliphatic carbocycles. The van der Waals surface area contributed by atoms with E-state index in [9.17, 15) is 14.4 Å². The van der Waals surface area contributed by atoms with Crippen molar-refractivity contribution in [3.05, 3.63) is 60.8 Å². The van der Waals surface area contributed by atoms with E-state index in [1.807, 2.05) is 0 Å². The van der Waals surface area contributed by atoms with Crippen LogP contribution in [0.3, 0.4) is 0 Å². The zero-order chi connectivity index (χ0) is 40.8. The molecule has 322 valence electrons. The van der Waals surface area contributed by atoms with Crippen molar-refractivity contribution >= 4 is 17.9 Å². The van der Waals surface area contributed by atoms with Crippen molar-refractivity contribution < 1.29 is 28.6 Å². The van der Waals surface area contributed by atoms with Crippen LogP contribution < -0.4 is 0 Å². The minimum Gasteiger partial charge on any atom is -0.462 e. The van der Waals surface area contributed by atoms with Gasteiger partial charge in [-0.15, -0.1) is 0 Å². The van der Waals surface area contributed by atoms with E-state index in [-0.39, 0.29) is 31.1 Å². The van der Waals surface area contributed by atoms with E-state index >= 15 is 0 Å². The Bertz CT molecular complexity index is 1040. The number of carbonyl (C=O) groups excluding carboxylic acids is 3. The molecule has 0 amide bonds. The fourth-order valence-corrected chi connectivity index (χ4v) is 6.25. The van der Waals surface area contributed by atoms with Crippen molar-refractivity contribution in [1.29, 1.82) is 0 Å². The smallest absolute Gasteiger partial charge is 0.306 e. The molecule has 0 fully saturated rings. The first-order valence-electron chi connectivity index (χ1n) is 23.3. The monoisotopic (exact) mass is 783 g/mol.